The average Bonchev–Trinajstić information content (AvgIpc) is 4.02. The zero-order valence-corrected chi connectivity index (χ0v) is 34.9. The number of carbonyl (C=O) groups excluding carboxylic acids is 2. The van der Waals surface area contributed by atoms with Crippen molar-refractivity contribution in [2.45, 2.75) is 63.1 Å². The van der Waals surface area contributed by atoms with Gasteiger partial charge in [0.2, 0.25) is 18.4 Å². The van der Waals surface area contributed by atoms with Gasteiger partial charge < -0.3 is 33.8 Å². The minimum absolute atomic E-state index is 0.0201. The molecule has 5 N–H and O–H groups in total. The van der Waals surface area contributed by atoms with Gasteiger partial charge in [-0.1, -0.05) is 32.0 Å². The summed E-state index contributed by atoms with van der Waals surface area (Å²) in [7, 11) is -3.44. The van der Waals surface area contributed by atoms with Crippen LogP contribution in [0.4, 0.5) is 20.5 Å². The molecule has 7 rings (SSSR count). The summed E-state index contributed by atoms with van der Waals surface area (Å²) >= 11 is 5.61. The third-order valence-electron chi connectivity index (χ3n) is 9.40. The van der Waals surface area contributed by atoms with E-state index in [0.29, 0.717) is 5.56 Å². The predicted molar refractivity (Wildman–Crippen MR) is 213 cm³/mol. The van der Waals surface area contributed by atoms with E-state index in [4.69, 9.17) is 45.9 Å². The van der Waals surface area contributed by atoms with Gasteiger partial charge >= 0.3 is 15.0 Å². The van der Waals surface area contributed by atoms with Crippen molar-refractivity contribution >= 4 is 72.7 Å². The molecule has 10 atom stereocenters. The van der Waals surface area contributed by atoms with Crippen molar-refractivity contribution in [2.24, 2.45) is 5.92 Å². The van der Waals surface area contributed by atoms with Gasteiger partial charge in [-0.2, -0.15) is 4.98 Å². The normalized spacial score (nSPS) is 24.9. The summed E-state index contributed by atoms with van der Waals surface area (Å²) in [5, 5.41) is 15.4. The summed E-state index contributed by atoms with van der Waals surface area (Å²) in [5.74, 6) is -1.72. The first kappa shape index (κ1) is 44.9. The maximum Gasteiger partial charge on any atom is 0.695 e. The van der Waals surface area contributed by atoms with Crippen LogP contribution in [0.2, 0.25) is 0 Å². The highest BCUT2D eigenvalue weighted by Gasteiger charge is 2.54. The van der Waals surface area contributed by atoms with Crippen LogP contribution in [0.1, 0.15) is 36.7 Å². The Hall–Kier alpha value is -5.16. The highest BCUT2D eigenvalue weighted by molar-refractivity contribution is 8.07. The van der Waals surface area contributed by atoms with Gasteiger partial charge in [-0.15, -0.1) is 9.42 Å². The molecule has 1 aromatic carbocycles. The molecule has 2 saturated heterocycles. The highest BCUT2D eigenvalue weighted by Crippen LogP contribution is 2.55. The molecule has 0 bridgehead atoms. The van der Waals surface area contributed by atoms with Crippen LogP contribution < -0.4 is 16.2 Å². The number of anilines is 2. The maximum absolute atomic E-state index is 16.6. The Labute approximate surface area is 354 Å². The number of ether oxygens (including phenoxy) is 2. The summed E-state index contributed by atoms with van der Waals surface area (Å²) in [4.78, 5) is 74.0. The van der Waals surface area contributed by atoms with Crippen LogP contribution in [0.15, 0.2) is 54.1 Å². The SMILES string of the molecule is [C-]#[N+]CCOP(=S)(OC[C@H]1O[C@@H](n2cnc3c(=O)[nH]c(NC(=O)C(C)C)nc32)[C@H](O[P+](=O)O)[C@@H]1F)O[C@H]1[C@H](F)[C@H](n2cnc3c(NC(=O)c4ccccc4)ncnc32)O[C@@H]1CO. The molecule has 62 heavy (non-hydrogen) atoms. The molecule has 0 aliphatic carbocycles. The Morgan fingerprint density at radius 1 is 1.02 bits per heavy atom. The van der Waals surface area contributed by atoms with Crippen LogP contribution in [0, 0.1) is 12.5 Å². The van der Waals surface area contributed by atoms with Gasteiger partial charge in [-0.25, -0.2) is 35.3 Å². The van der Waals surface area contributed by atoms with Crippen LogP contribution in [-0.4, -0.2) is 124 Å². The second kappa shape index (κ2) is 19.1. The molecule has 2 aliphatic rings. The summed E-state index contributed by atoms with van der Waals surface area (Å²) in [6, 6.07) is 8.29. The van der Waals surface area contributed by atoms with Crippen LogP contribution in [0.25, 0.3) is 27.2 Å². The van der Waals surface area contributed by atoms with E-state index in [-0.39, 0.29) is 47.2 Å². The Morgan fingerprint density at radius 2 is 1.73 bits per heavy atom. The average molecular weight is 923 g/mol. The lowest BCUT2D eigenvalue weighted by molar-refractivity contribution is -0.118. The number of alkyl halides is 2. The second-order valence-corrected chi connectivity index (χ2v) is 17.4. The zero-order valence-electron chi connectivity index (χ0n) is 32.3. The van der Waals surface area contributed by atoms with E-state index in [2.05, 4.69) is 45.4 Å². The molecule has 2 fully saturated rings. The molecule has 0 saturated carbocycles. The second-order valence-electron chi connectivity index (χ2n) is 13.8. The fourth-order valence-corrected chi connectivity index (χ4v) is 8.92. The molecule has 328 valence electrons. The molecule has 23 nitrogen and oxygen atoms in total. The molecule has 2 aliphatic heterocycles. The molecular weight excluding hydrogens is 886 g/mol. The number of aliphatic hydroxyl groups is 1. The number of halogens is 2. The lowest BCUT2D eigenvalue weighted by Crippen LogP contribution is -2.34. The quantitative estimate of drug-likeness (QED) is 0.0509. The van der Waals surface area contributed by atoms with Crippen LogP contribution in [-0.2, 0) is 48.7 Å². The minimum Gasteiger partial charge on any atom is -0.394 e. The molecular formula is C34H36F2N11O12P2S+. The number of aliphatic hydroxyl groups excluding tert-OH is 1. The van der Waals surface area contributed by atoms with Gasteiger partial charge in [0.15, 0.2) is 59.0 Å². The summed E-state index contributed by atoms with van der Waals surface area (Å²) in [5.41, 5.74) is -0.775. The minimum atomic E-state index is -4.22. The number of nitrogens with one attached hydrogen (secondary N) is 3. The van der Waals surface area contributed by atoms with Crippen molar-refractivity contribution in [1.82, 2.24) is 39.0 Å². The Bertz CT molecular complexity index is 2620. The molecule has 4 aromatic heterocycles. The van der Waals surface area contributed by atoms with Gasteiger partial charge in [0, 0.05) is 16.0 Å². The van der Waals surface area contributed by atoms with Crippen molar-refractivity contribution in [2.75, 3.05) is 37.0 Å². The lowest BCUT2D eigenvalue weighted by Gasteiger charge is -2.28. The van der Waals surface area contributed by atoms with E-state index in [1.807, 2.05) is 0 Å². The van der Waals surface area contributed by atoms with Gasteiger partial charge in [0.05, 0.1) is 25.9 Å². The number of rotatable bonds is 17. The van der Waals surface area contributed by atoms with Gasteiger partial charge in [0.25, 0.3) is 11.5 Å². The number of benzene rings is 1. The number of H-pyrrole nitrogens is 1. The maximum atomic E-state index is 16.6. The van der Waals surface area contributed by atoms with E-state index < -0.39 is 101 Å². The van der Waals surface area contributed by atoms with E-state index in [1.165, 1.54) is 10.9 Å². The van der Waals surface area contributed by atoms with E-state index >= 15 is 8.78 Å². The zero-order chi connectivity index (χ0) is 44.3. The third kappa shape index (κ3) is 9.43. The Kier molecular flexibility index (Phi) is 13.8. The lowest BCUT2D eigenvalue weighted by atomic mass is 10.1. The number of aromatic amines is 1. The molecule has 5 aromatic rings. The third-order valence-corrected chi connectivity index (χ3v) is 12.2. The van der Waals surface area contributed by atoms with Gasteiger partial charge in [0.1, 0.15) is 31.2 Å². The first-order valence-electron chi connectivity index (χ1n) is 18.5. The number of imidazole rings is 2. The summed E-state index contributed by atoms with van der Waals surface area (Å²) in [6.45, 7) is 3.95. The van der Waals surface area contributed by atoms with Crippen LogP contribution in [0.3, 0.4) is 0 Å². The van der Waals surface area contributed by atoms with Crippen molar-refractivity contribution in [3.8, 4) is 0 Å². The number of fused-ring (bicyclic) bond motifs is 2. The van der Waals surface area contributed by atoms with E-state index in [9.17, 15) is 28.9 Å². The van der Waals surface area contributed by atoms with Crippen molar-refractivity contribution in [3.05, 3.63) is 76.6 Å². The molecule has 0 spiro atoms. The van der Waals surface area contributed by atoms with Crippen LogP contribution in [0.5, 0.6) is 0 Å². The first-order valence-corrected chi connectivity index (χ1v) is 22.2. The number of hydrogen-bond donors (Lipinski definition) is 5. The standard InChI is InChI=1S/C34H35F2N11O12P2S/c1-16(2)29(49)44-34-43-28-23(31(51)45-34)41-15-47(28)33-25(58-60(52)53)20(35)19(57-33)12-55-61(62,54-10-9-37-3)59-24-18(11-48)56-32(21(24)36)46-14-40-22-26(38-13-39-27(22)46)42-30(50)17-7-5-4-6-8-17/h4-8,13-16,18-21,24-25,32-33,48H,9-12H2,1-2H3,(H3-,38,39,42,43,44,45,49,50,51,52,53)/p+1/t18-,19-,20-,21+,24-,25-,32-,33-,61?/m1/s1. The number of hydrogen-bond acceptors (Lipinski definition) is 17. The Balaban J connectivity index is 1.11. The molecule has 2 unspecified atom stereocenters. The van der Waals surface area contributed by atoms with Crippen molar-refractivity contribution < 1.29 is 60.5 Å². The van der Waals surface area contributed by atoms with Gasteiger partial charge in [-0.05, 0) is 23.9 Å². The fourth-order valence-electron chi connectivity index (χ4n) is 6.40. The van der Waals surface area contributed by atoms with Gasteiger partial charge in [-0.3, -0.25) is 38.3 Å². The molecule has 0 radical (unpaired) electrons. The van der Waals surface area contributed by atoms with Crippen molar-refractivity contribution in [1.29, 1.82) is 0 Å². The van der Waals surface area contributed by atoms with Crippen molar-refractivity contribution in [3.63, 3.8) is 0 Å². The number of carbonyl (C=O) groups is 2. The largest absolute Gasteiger partial charge is 0.695 e. The topological polar surface area (TPSA) is 283 Å². The van der Waals surface area contributed by atoms with E-state index in [1.54, 1.807) is 44.2 Å². The smallest absolute Gasteiger partial charge is 0.394 e. The summed E-state index contributed by atoms with van der Waals surface area (Å²) < 4.78 is 81.2. The Morgan fingerprint density at radius 3 is 2.42 bits per heavy atom. The number of amides is 2. The van der Waals surface area contributed by atoms with Crippen LogP contribution >= 0.6 is 15.0 Å². The molecule has 28 heteroatoms. The first-order chi connectivity index (χ1) is 29.7. The molecule has 6 heterocycles. The monoisotopic (exact) mass is 922 g/mol. The number of aromatic nitrogens is 8. The summed E-state index contributed by atoms with van der Waals surface area (Å²) in [6.07, 6.45) is -10.8. The predicted octanol–water partition coefficient (Wildman–Crippen LogP) is 2.87. The fraction of sp³-hybridized carbons (Fsp3) is 0.441. The van der Waals surface area contributed by atoms with E-state index in [0.717, 1.165) is 17.2 Å². The highest BCUT2D eigenvalue weighted by atomic mass is 32.5. The molecule has 2 amide bonds. The number of nitrogens with zero attached hydrogens (tertiary/aromatic N) is 8.